The first-order chi connectivity index (χ1) is 6.16. The lowest BCUT2D eigenvalue weighted by Gasteiger charge is -1.90. The molecule has 1 aromatic rings. The third kappa shape index (κ3) is 8.47. The smallest absolute Gasteiger partial charge is 0.240 e. The Labute approximate surface area is 78.7 Å². The number of para-hydroxylation sites is 1. The van der Waals surface area contributed by atoms with Crippen LogP contribution in [0.1, 0.15) is 0 Å². The van der Waals surface area contributed by atoms with Crippen molar-refractivity contribution in [1.82, 2.24) is 4.90 Å². The molecule has 0 unspecified atom stereocenters. The molecule has 0 saturated heterocycles. The second-order valence-electron chi connectivity index (χ2n) is 2.88. The molecule has 13 heavy (non-hydrogen) atoms. The largest absolute Gasteiger partial charge is 0.312 e. The molecule has 70 valence electrons. The number of benzene rings is 1. The molecule has 0 heterocycles. The molecule has 0 radical (unpaired) electrons. The lowest BCUT2D eigenvalue weighted by atomic mass is 10.3. The molecule has 0 atom stereocenters. The van der Waals surface area contributed by atoms with Gasteiger partial charge in [0.2, 0.25) is 6.08 Å². The zero-order valence-corrected chi connectivity index (χ0v) is 8.19. The molecule has 0 fully saturated rings. The molecule has 0 spiro atoms. The minimum absolute atomic E-state index is 0.646. The van der Waals surface area contributed by atoms with Gasteiger partial charge >= 0.3 is 0 Å². The molecular formula is C10H14N2O. The van der Waals surface area contributed by atoms with Crippen LogP contribution in [-0.2, 0) is 4.79 Å². The highest BCUT2D eigenvalue weighted by atomic mass is 16.1. The molecule has 0 aromatic heterocycles. The van der Waals surface area contributed by atoms with Crippen molar-refractivity contribution in [1.29, 1.82) is 0 Å². The second-order valence-corrected chi connectivity index (χ2v) is 2.88. The SMILES string of the molecule is CN(C)C.O=C=Nc1ccccc1. The monoisotopic (exact) mass is 178 g/mol. The van der Waals surface area contributed by atoms with Crippen LogP contribution in [0.4, 0.5) is 5.69 Å². The van der Waals surface area contributed by atoms with Crippen molar-refractivity contribution in [3.63, 3.8) is 0 Å². The fourth-order valence-corrected chi connectivity index (χ4v) is 0.555. The Morgan fingerprint density at radius 1 is 1.15 bits per heavy atom. The van der Waals surface area contributed by atoms with Crippen LogP contribution >= 0.6 is 0 Å². The highest BCUT2D eigenvalue weighted by Gasteiger charge is 1.79. The number of isocyanates is 1. The summed E-state index contributed by atoms with van der Waals surface area (Å²) in [5, 5.41) is 0. The first-order valence-electron chi connectivity index (χ1n) is 3.90. The molecule has 0 N–H and O–H groups in total. The fraction of sp³-hybridized carbons (Fsp3) is 0.300. The summed E-state index contributed by atoms with van der Waals surface area (Å²) in [6.07, 6.45) is 1.46. The summed E-state index contributed by atoms with van der Waals surface area (Å²) in [7, 11) is 6.00. The van der Waals surface area contributed by atoms with E-state index in [2.05, 4.69) is 4.99 Å². The van der Waals surface area contributed by atoms with Crippen molar-refractivity contribution < 1.29 is 4.79 Å². The standard InChI is InChI=1S/C7H5NO.C3H9N/c9-6-8-7-4-2-1-3-5-7;1-4(2)3/h1-5H;1-3H3. The summed E-state index contributed by atoms with van der Waals surface area (Å²) < 4.78 is 0. The van der Waals surface area contributed by atoms with Crippen molar-refractivity contribution in [2.45, 2.75) is 0 Å². The van der Waals surface area contributed by atoms with Crippen molar-refractivity contribution in [3.05, 3.63) is 30.3 Å². The molecule has 0 saturated carbocycles. The lowest BCUT2D eigenvalue weighted by Crippen LogP contribution is -1.99. The zero-order chi connectivity index (χ0) is 10.1. The van der Waals surface area contributed by atoms with Crippen LogP contribution in [0.3, 0.4) is 0 Å². The van der Waals surface area contributed by atoms with Gasteiger partial charge in [0.25, 0.3) is 0 Å². The van der Waals surface area contributed by atoms with Crippen LogP contribution in [0.5, 0.6) is 0 Å². The van der Waals surface area contributed by atoms with E-state index in [0.717, 1.165) is 0 Å². The molecule has 3 nitrogen and oxygen atoms in total. The maximum atomic E-state index is 9.68. The molecule has 0 aliphatic carbocycles. The highest BCUT2D eigenvalue weighted by molar-refractivity contribution is 5.47. The van der Waals surface area contributed by atoms with E-state index in [1.54, 1.807) is 12.1 Å². The summed E-state index contributed by atoms with van der Waals surface area (Å²) in [6, 6.07) is 8.98. The second kappa shape index (κ2) is 7.22. The predicted molar refractivity (Wildman–Crippen MR) is 53.8 cm³/mol. The van der Waals surface area contributed by atoms with Gasteiger partial charge in [0, 0.05) is 0 Å². The summed E-state index contributed by atoms with van der Waals surface area (Å²) >= 11 is 0. The lowest BCUT2D eigenvalue weighted by molar-refractivity contribution is 0.505. The number of hydrogen-bond donors (Lipinski definition) is 0. The van der Waals surface area contributed by atoms with E-state index in [4.69, 9.17) is 0 Å². The van der Waals surface area contributed by atoms with Gasteiger partial charge in [-0.3, -0.25) is 0 Å². The first kappa shape index (κ1) is 11.6. The van der Waals surface area contributed by atoms with Crippen molar-refractivity contribution >= 4 is 11.8 Å². The molecule has 0 bridgehead atoms. The minimum Gasteiger partial charge on any atom is -0.312 e. The van der Waals surface area contributed by atoms with Crippen LogP contribution in [0.25, 0.3) is 0 Å². The molecule has 1 aromatic carbocycles. The van der Waals surface area contributed by atoms with Gasteiger partial charge in [-0.15, -0.1) is 0 Å². The minimum atomic E-state index is 0.646. The predicted octanol–water partition coefficient (Wildman–Crippen LogP) is 1.83. The van der Waals surface area contributed by atoms with Crippen LogP contribution in [0.15, 0.2) is 35.3 Å². The molecule has 0 amide bonds. The maximum Gasteiger partial charge on any atom is 0.240 e. The normalized spacial score (nSPS) is 8.31. The van der Waals surface area contributed by atoms with Gasteiger partial charge in [0.1, 0.15) is 0 Å². The summed E-state index contributed by atoms with van der Waals surface area (Å²) in [5.41, 5.74) is 0.646. The Hall–Kier alpha value is -1.44. The van der Waals surface area contributed by atoms with Gasteiger partial charge < -0.3 is 4.90 Å². The quantitative estimate of drug-likeness (QED) is 0.485. The van der Waals surface area contributed by atoms with E-state index in [1.165, 1.54) is 6.08 Å². The average Bonchev–Trinajstić information content (AvgIpc) is 2.06. The first-order valence-corrected chi connectivity index (χ1v) is 3.90. The van der Waals surface area contributed by atoms with Crippen LogP contribution < -0.4 is 0 Å². The summed E-state index contributed by atoms with van der Waals surface area (Å²) in [6.45, 7) is 0. The number of carbonyl (C=O) groups excluding carboxylic acids is 1. The van der Waals surface area contributed by atoms with Crippen molar-refractivity contribution in [2.24, 2.45) is 4.99 Å². The van der Waals surface area contributed by atoms with Crippen molar-refractivity contribution in [2.75, 3.05) is 21.1 Å². The fourth-order valence-electron chi connectivity index (χ4n) is 0.555. The third-order valence-electron chi connectivity index (χ3n) is 0.931. The Balaban J connectivity index is 0.000000310. The highest BCUT2D eigenvalue weighted by Crippen LogP contribution is 2.06. The Bertz CT molecular complexity index is 261. The third-order valence-corrected chi connectivity index (χ3v) is 0.931. The molecule has 1 rings (SSSR count). The van der Waals surface area contributed by atoms with Crippen LogP contribution in [0, 0.1) is 0 Å². The number of rotatable bonds is 1. The van der Waals surface area contributed by atoms with Gasteiger partial charge in [-0.05, 0) is 33.3 Å². The van der Waals surface area contributed by atoms with Gasteiger partial charge in [-0.25, -0.2) is 4.79 Å². The van der Waals surface area contributed by atoms with E-state index < -0.39 is 0 Å². The van der Waals surface area contributed by atoms with Gasteiger partial charge in [-0.2, -0.15) is 4.99 Å². The van der Waals surface area contributed by atoms with Gasteiger partial charge in [0.05, 0.1) is 5.69 Å². The summed E-state index contributed by atoms with van der Waals surface area (Å²) in [4.78, 5) is 15.1. The van der Waals surface area contributed by atoms with E-state index in [1.807, 2.05) is 44.2 Å². The van der Waals surface area contributed by atoms with Gasteiger partial charge in [-0.1, -0.05) is 18.2 Å². The van der Waals surface area contributed by atoms with E-state index in [0.29, 0.717) is 5.69 Å². The van der Waals surface area contributed by atoms with Crippen molar-refractivity contribution in [3.8, 4) is 0 Å². The number of hydrogen-bond acceptors (Lipinski definition) is 3. The van der Waals surface area contributed by atoms with Gasteiger partial charge in [0.15, 0.2) is 0 Å². The zero-order valence-electron chi connectivity index (χ0n) is 8.19. The summed E-state index contributed by atoms with van der Waals surface area (Å²) in [5.74, 6) is 0. The van der Waals surface area contributed by atoms with E-state index >= 15 is 0 Å². The Morgan fingerprint density at radius 2 is 1.62 bits per heavy atom. The maximum absolute atomic E-state index is 9.68. The Morgan fingerprint density at radius 3 is 2.00 bits per heavy atom. The van der Waals surface area contributed by atoms with Crippen LogP contribution in [-0.4, -0.2) is 32.1 Å². The number of nitrogens with zero attached hydrogens (tertiary/aromatic N) is 2. The molecule has 3 heteroatoms. The Kier molecular flexibility index (Phi) is 6.42. The van der Waals surface area contributed by atoms with E-state index in [-0.39, 0.29) is 0 Å². The number of aliphatic imine (C=N–C) groups is 1. The molecule has 0 aliphatic rings. The molecular weight excluding hydrogens is 164 g/mol. The average molecular weight is 178 g/mol. The van der Waals surface area contributed by atoms with Crippen LogP contribution in [0.2, 0.25) is 0 Å². The topological polar surface area (TPSA) is 32.7 Å². The van der Waals surface area contributed by atoms with E-state index in [9.17, 15) is 4.79 Å². The molecule has 0 aliphatic heterocycles.